The van der Waals surface area contributed by atoms with E-state index < -0.39 is 0 Å². The summed E-state index contributed by atoms with van der Waals surface area (Å²) < 4.78 is 5.23. The van der Waals surface area contributed by atoms with Crippen molar-refractivity contribution < 1.29 is 9.84 Å². The van der Waals surface area contributed by atoms with Crippen LogP contribution in [0, 0.1) is 5.92 Å². The molecule has 2 atom stereocenters. The normalized spacial score (nSPS) is 24.6. The molecule has 0 saturated carbocycles. The zero-order valence-corrected chi connectivity index (χ0v) is 10.8. The van der Waals surface area contributed by atoms with Gasteiger partial charge in [0.05, 0.1) is 12.7 Å². The van der Waals surface area contributed by atoms with Crippen LogP contribution in [-0.4, -0.2) is 49.0 Å². The van der Waals surface area contributed by atoms with Crippen molar-refractivity contribution in [2.75, 3.05) is 32.8 Å². The Hall–Kier alpha value is -0.120. The minimum absolute atomic E-state index is 0.319. The van der Waals surface area contributed by atoms with Gasteiger partial charge in [0.1, 0.15) is 0 Å². The van der Waals surface area contributed by atoms with E-state index >= 15 is 0 Å². The van der Waals surface area contributed by atoms with Crippen molar-refractivity contribution >= 4 is 0 Å². The maximum Gasteiger partial charge on any atom is 0.0900 e. The third kappa shape index (κ3) is 5.28. The Kier molecular flexibility index (Phi) is 7.01. The van der Waals surface area contributed by atoms with Gasteiger partial charge >= 0.3 is 0 Å². The number of aliphatic hydroxyl groups is 1. The van der Waals surface area contributed by atoms with Crippen LogP contribution in [0.1, 0.15) is 39.5 Å². The maximum absolute atomic E-state index is 9.78. The molecule has 16 heavy (non-hydrogen) atoms. The van der Waals surface area contributed by atoms with E-state index in [4.69, 9.17) is 4.74 Å². The van der Waals surface area contributed by atoms with Crippen molar-refractivity contribution in [1.82, 2.24) is 4.90 Å². The lowest BCUT2D eigenvalue weighted by atomic mass is 9.93. The topological polar surface area (TPSA) is 32.7 Å². The first-order valence-corrected chi connectivity index (χ1v) is 6.74. The molecule has 1 rings (SSSR count). The summed E-state index contributed by atoms with van der Waals surface area (Å²) in [6.07, 6.45) is 4.94. The summed E-state index contributed by atoms with van der Waals surface area (Å²) >= 11 is 0. The van der Waals surface area contributed by atoms with E-state index in [2.05, 4.69) is 11.8 Å². The molecule has 0 aromatic heterocycles. The smallest absolute Gasteiger partial charge is 0.0900 e. The summed E-state index contributed by atoms with van der Waals surface area (Å²) in [6, 6.07) is 0. The van der Waals surface area contributed by atoms with Crippen molar-refractivity contribution in [3.8, 4) is 0 Å². The SMILES string of the molecule is CCC[C@@H]1CCCN(C[C@@H](O)COCC)C1. The van der Waals surface area contributed by atoms with Crippen LogP contribution in [0.2, 0.25) is 0 Å². The predicted molar refractivity (Wildman–Crippen MR) is 66.6 cm³/mol. The molecule has 0 aliphatic carbocycles. The monoisotopic (exact) mass is 229 g/mol. The van der Waals surface area contributed by atoms with Crippen LogP contribution in [0.3, 0.4) is 0 Å². The summed E-state index contributed by atoms with van der Waals surface area (Å²) in [5.41, 5.74) is 0. The van der Waals surface area contributed by atoms with E-state index in [1.807, 2.05) is 6.92 Å². The first-order chi connectivity index (χ1) is 7.76. The van der Waals surface area contributed by atoms with Gasteiger partial charge in [0, 0.05) is 19.7 Å². The third-order valence-corrected chi connectivity index (χ3v) is 3.28. The highest BCUT2D eigenvalue weighted by atomic mass is 16.5. The Labute approximate surface area is 99.8 Å². The molecule has 1 N–H and O–H groups in total. The Bertz CT molecular complexity index is 173. The van der Waals surface area contributed by atoms with Gasteiger partial charge in [-0.3, -0.25) is 0 Å². The van der Waals surface area contributed by atoms with E-state index in [0.717, 1.165) is 25.6 Å². The summed E-state index contributed by atoms with van der Waals surface area (Å²) in [4.78, 5) is 2.40. The van der Waals surface area contributed by atoms with E-state index in [-0.39, 0.29) is 6.10 Å². The number of piperidine rings is 1. The minimum Gasteiger partial charge on any atom is -0.389 e. The second-order valence-electron chi connectivity index (χ2n) is 4.87. The van der Waals surface area contributed by atoms with Crippen molar-refractivity contribution in [2.45, 2.75) is 45.6 Å². The van der Waals surface area contributed by atoms with Crippen LogP contribution < -0.4 is 0 Å². The van der Waals surface area contributed by atoms with Crippen LogP contribution in [0.15, 0.2) is 0 Å². The van der Waals surface area contributed by atoms with Gasteiger partial charge < -0.3 is 14.7 Å². The second-order valence-corrected chi connectivity index (χ2v) is 4.87. The lowest BCUT2D eigenvalue weighted by Crippen LogP contribution is -2.41. The molecule has 1 fully saturated rings. The molecular formula is C13H27NO2. The fourth-order valence-electron chi connectivity index (χ4n) is 2.57. The molecule has 0 amide bonds. The fraction of sp³-hybridized carbons (Fsp3) is 1.00. The third-order valence-electron chi connectivity index (χ3n) is 3.28. The zero-order chi connectivity index (χ0) is 11.8. The summed E-state index contributed by atoms with van der Waals surface area (Å²) in [5, 5.41) is 9.78. The van der Waals surface area contributed by atoms with Crippen LogP contribution in [0.5, 0.6) is 0 Å². The number of aliphatic hydroxyl groups excluding tert-OH is 1. The molecule has 0 spiro atoms. The van der Waals surface area contributed by atoms with Crippen LogP contribution in [0.4, 0.5) is 0 Å². The average molecular weight is 229 g/mol. The summed E-state index contributed by atoms with van der Waals surface area (Å²) in [7, 11) is 0. The summed E-state index contributed by atoms with van der Waals surface area (Å²) in [6.45, 7) is 8.47. The van der Waals surface area contributed by atoms with Crippen LogP contribution in [0.25, 0.3) is 0 Å². The second kappa shape index (κ2) is 8.04. The largest absolute Gasteiger partial charge is 0.389 e. The van der Waals surface area contributed by atoms with Crippen molar-refractivity contribution in [3.63, 3.8) is 0 Å². The van der Waals surface area contributed by atoms with Gasteiger partial charge in [0.25, 0.3) is 0 Å². The highest BCUT2D eigenvalue weighted by Gasteiger charge is 2.20. The number of β-amino-alcohol motifs (C(OH)–C–C–N with tert-alkyl or cyclic N) is 1. The van der Waals surface area contributed by atoms with Gasteiger partial charge in [0.15, 0.2) is 0 Å². The highest BCUT2D eigenvalue weighted by molar-refractivity contribution is 4.74. The van der Waals surface area contributed by atoms with E-state index in [1.165, 1.54) is 25.7 Å². The molecule has 1 heterocycles. The number of nitrogens with zero attached hydrogens (tertiary/aromatic N) is 1. The van der Waals surface area contributed by atoms with Crippen molar-refractivity contribution in [3.05, 3.63) is 0 Å². The molecule has 1 aliphatic rings. The predicted octanol–water partition coefficient (Wildman–Crippen LogP) is 1.90. The van der Waals surface area contributed by atoms with Gasteiger partial charge in [-0.2, -0.15) is 0 Å². The highest BCUT2D eigenvalue weighted by Crippen LogP contribution is 2.20. The number of likely N-dealkylation sites (tertiary alicyclic amines) is 1. The van der Waals surface area contributed by atoms with E-state index in [0.29, 0.717) is 13.2 Å². The summed E-state index contributed by atoms with van der Waals surface area (Å²) in [5.74, 6) is 0.845. The molecule has 1 saturated heterocycles. The first kappa shape index (κ1) is 13.9. The molecule has 0 unspecified atom stereocenters. The van der Waals surface area contributed by atoms with Crippen LogP contribution >= 0.6 is 0 Å². The van der Waals surface area contributed by atoms with Crippen molar-refractivity contribution in [1.29, 1.82) is 0 Å². The molecule has 3 heteroatoms. The molecule has 0 bridgehead atoms. The van der Waals surface area contributed by atoms with Gasteiger partial charge in [-0.25, -0.2) is 0 Å². The number of hydrogen-bond donors (Lipinski definition) is 1. The van der Waals surface area contributed by atoms with Gasteiger partial charge in [-0.1, -0.05) is 13.3 Å². The van der Waals surface area contributed by atoms with Gasteiger partial charge in [-0.15, -0.1) is 0 Å². The molecular weight excluding hydrogens is 202 g/mol. The minimum atomic E-state index is -0.319. The lowest BCUT2D eigenvalue weighted by molar-refractivity contribution is 0.0125. The molecule has 3 nitrogen and oxygen atoms in total. The Morgan fingerprint density at radius 1 is 1.44 bits per heavy atom. The fourth-order valence-corrected chi connectivity index (χ4v) is 2.57. The molecule has 0 aromatic rings. The zero-order valence-electron chi connectivity index (χ0n) is 10.8. The number of hydrogen-bond acceptors (Lipinski definition) is 3. The Morgan fingerprint density at radius 2 is 2.25 bits per heavy atom. The Morgan fingerprint density at radius 3 is 2.94 bits per heavy atom. The standard InChI is InChI=1S/C13H27NO2/c1-3-6-12-7-5-8-14(9-12)10-13(15)11-16-4-2/h12-13,15H,3-11H2,1-2H3/t12-,13-/m1/s1. The molecule has 1 aliphatic heterocycles. The molecule has 96 valence electrons. The first-order valence-electron chi connectivity index (χ1n) is 6.74. The van der Waals surface area contributed by atoms with E-state index in [9.17, 15) is 5.11 Å². The van der Waals surface area contributed by atoms with Crippen molar-refractivity contribution in [2.24, 2.45) is 5.92 Å². The lowest BCUT2D eigenvalue weighted by Gasteiger charge is -2.33. The number of ether oxygens (including phenoxy) is 1. The van der Waals surface area contributed by atoms with Crippen LogP contribution in [-0.2, 0) is 4.74 Å². The van der Waals surface area contributed by atoms with E-state index in [1.54, 1.807) is 0 Å². The Balaban J connectivity index is 2.20. The van der Waals surface area contributed by atoms with Gasteiger partial charge in [0.2, 0.25) is 0 Å². The molecule has 0 aromatic carbocycles. The quantitative estimate of drug-likeness (QED) is 0.723. The van der Waals surface area contributed by atoms with Gasteiger partial charge in [-0.05, 0) is 38.6 Å². The number of rotatable bonds is 7. The average Bonchev–Trinajstić information content (AvgIpc) is 2.27. The molecule has 0 radical (unpaired) electrons. The maximum atomic E-state index is 9.78.